The number of rotatable bonds is 6. The minimum absolute atomic E-state index is 0.140. The quantitative estimate of drug-likeness (QED) is 0.636. The third-order valence-electron chi connectivity index (χ3n) is 2.07. The Bertz CT molecular complexity index is 621. The molecule has 0 bridgehead atoms. The molecular formula is C10H10FN5OS3. The van der Waals surface area contributed by atoms with Crippen LogP contribution in [-0.4, -0.2) is 31.8 Å². The van der Waals surface area contributed by atoms with Crippen molar-refractivity contribution in [2.24, 2.45) is 5.73 Å². The number of primary amides is 1. The summed E-state index contributed by atoms with van der Waals surface area (Å²) >= 11 is 3.55. The summed E-state index contributed by atoms with van der Waals surface area (Å²) in [6.45, 7) is 1.82. The number of aromatic nitrogens is 4. The van der Waals surface area contributed by atoms with Crippen molar-refractivity contribution < 1.29 is 9.18 Å². The first-order valence-corrected chi connectivity index (χ1v) is 8.13. The molecule has 1 amide bonds. The fraction of sp³-hybridized carbons (Fsp3) is 0.300. The largest absolute Gasteiger partial charge is 0.369 e. The molecule has 2 heterocycles. The predicted molar refractivity (Wildman–Crippen MR) is 75.3 cm³/mol. The van der Waals surface area contributed by atoms with Crippen LogP contribution >= 0.6 is 34.9 Å². The number of amides is 1. The predicted octanol–water partition coefficient (Wildman–Crippen LogP) is 1.76. The van der Waals surface area contributed by atoms with Crippen molar-refractivity contribution in [3.8, 4) is 0 Å². The van der Waals surface area contributed by atoms with Gasteiger partial charge in [-0.05, 0) is 18.2 Å². The van der Waals surface area contributed by atoms with Crippen LogP contribution < -0.4 is 5.73 Å². The van der Waals surface area contributed by atoms with Crippen molar-refractivity contribution in [3.05, 3.63) is 17.8 Å². The summed E-state index contributed by atoms with van der Waals surface area (Å²) in [6, 6.07) is 0. The monoisotopic (exact) mass is 331 g/mol. The van der Waals surface area contributed by atoms with Gasteiger partial charge >= 0.3 is 0 Å². The van der Waals surface area contributed by atoms with Gasteiger partial charge in [-0.25, -0.2) is 14.4 Å². The van der Waals surface area contributed by atoms with Gasteiger partial charge in [0.1, 0.15) is 11.4 Å². The number of nitrogens with zero attached hydrogens (tertiary/aromatic N) is 4. The zero-order valence-electron chi connectivity index (χ0n) is 10.4. The first kappa shape index (κ1) is 15.1. The van der Waals surface area contributed by atoms with E-state index in [2.05, 4.69) is 20.2 Å². The molecule has 2 rings (SSSR count). The number of hydrogen-bond donors (Lipinski definition) is 1. The van der Waals surface area contributed by atoms with E-state index in [1.54, 1.807) is 0 Å². The van der Waals surface area contributed by atoms with Gasteiger partial charge in [-0.2, -0.15) is 0 Å². The van der Waals surface area contributed by atoms with Crippen LogP contribution in [0.25, 0.3) is 0 Å². The molecule has 106 valence electrons. The minimum Gasteiger partial charge on any atom is -0.369 e. The summed E-state index contributed by atoms with van der Waals surface area (Å²) < 4.78 is 15.1. The number of halogens is 1. The Hall–Kier alpha value is -1.26. The molecule has 0 fully saturated rings. The fourth-order valence-corrected chi connectivity index (χ4v) is 3.90. The maximum atomic E-state index is 14.0. The molecule has 0 saturated carbocycles. The second-order valence-corrected chi connectivity index (χ2v) is 6.92. The molecule has 10 heteroatoms. The van der Waals surface area contributed by atoms with Gasteiger partial charge in [-0.3, -0.25) is 4.79 Å². The van der Waals surface area contributed by atoms with E-state index in [1.165, 1.54) is 29.4 Å². The highest BCUT2D eigenvalue weighted by Crippen LogP contribution is 2.33. The van der Waals surface area contributed by atoms with E-state index in [9.17, 15) is 9.18 Å². The second-order valence-electron chi connectivity index (χ2n) is 3.48. The molecule has 2 aromatic rings. The van der Waals surface area contributed by atoms with Gasteiger partial charge in [-0.15, -0.1) is 10.2 Å². The number of carbonyl (C=O) groups is 1. The lowest BCUT2D eigenvalue weighted by atomic mass is 10.3. The molecule has 0 radical (unpaired) electrons. The molecule has 0 unspecified atom stereocenters. The van der Waals surface area contributed by atoms with Crippen molar-refractivity contribution in [1.29, 1.82) is 0 Å². The van der Waals surface area contributed by atoms with Crippen LogP contribution in [0.3, 0.4) is 0 Å². The number of hydrogen-bond acceptors (Lipinski definition) is 8. The smallest absolute Gasteiger partial charge is 0.227 e. The second kappa shape index (κ2) is 6.95. The zero-order valence-corrected chi connectivity index (χ0v) is 12.8. The van der Waals surface area contributed by atoms with Gasteiger partial charge in [0.25, 0.3) is 0 Å². The van der Waals surface area contributed by atoms with E-state index in [1.807, 2.05) is 6.92 Å². The average Bonchev–Trinajstić information content (AvgIpc) is 2.86. The van der Waals surface area contributed by atoms with Gasteiger partial charge in [0, 0.05) is 0 Å². The Labute approximate surface area is 126 Å². The maximum Gasteiger partial charge on any atom is 0.227 e. The Morgan fingerprint density at radius 1 is 1.40 bits per heavy atom. The average molecular weight is 331 g/mol. The minimum atomic E-state index is -0.429. The van der Waals surface area contributed by atoms with Crippen LogP contribution in [-0.2, 0) is 11.2 Å². The molecule has 6 nitrogen and oxygen atoms in total. The van der Waals surface area contributed by atoms with E-state index in [0.29, 0.717) is 20.8 Å². The normalized spacial score (nSPS) is 10.7. The van der Waals surface area contributed by atoms with Crippen molar-refractivity contribution in [1.82, 2.24) is 20.2 Å². The van der Waals surface area contributed by atoms with Crippen molar-refractivity contribution in [3.63, 3.8) is 0 Å². The summed E-state index contributed by atoms with van der Waals surface area (Å²) in [7, 11) is 0. The summed E-state index contributed by atoms with van der Waals surface area (Å²) in [4.78, 5) is 18.4. The summed E-state index contributed by atoms with van der Waals surface area (Å²) in [6.07, 6.45) is 1.83. The van der Waals surface area contributed by atoms with Gasteiger partial charge in [0.2, 0.25) is 5.91 Å². The van der Waals surface area contributed by atoms with E-state index < -0.39 is 11.7 Å². The van der Waals surface area contributed by atoms with Gasteiger partial charge < -0.3 is 5.73 Å². The van der Waals surface area contributed by atoms with Crippen molar-refractivity contribution in [2.45, 2.75) is 27.0 Å². The Balaban J connectivity index is 2.09. The van der Waals surface area contributed by atoms with Crippen LogP contribution in [0, 0.1) is 5.82 Å². The SMILES string of the molecule is CCc1ncnc(Sc2nnc(SCC(N)=O)s2)c1F. The topological polar surface area (TPSA) is 94.7 Å². The van der Waals surface area contributed by atoms with Crippen LogP contribution in [0.15, 0.2) is 20.0 Å². The number of nitrogens with two attached hydrogens (primary N) is 1. The third-order valence-corrected chi connectivity index (χ3v) is 5.18. The molecular weight excluding hydrogens is 321 g/mol. The first-order chi connectivity index (χ1) is 9.60. The van der Waals surface area contributed by atoms with Crippen LogP contribution in [0.2, 0.25) is 0 Å². The van der Waals surface area contributed by atoms with Crippen LogP contribution in [0.5, 0.6) is 0 Å². The summed E-state index contributed by atoms with van der Waals surface area (Å²) in [5.41, 5.74) is 5.42. The Morgan fingerprint density at radius 2 is 2.15 bits per heavy atom. The summed E-state index contributed by atoms with van der Waals surface area (Å²) in [5, 5.41) is 8.03. The van der Waals surface area contributed by atoms with E-state index >= 15 is 0 Å². The highest BCUT2D eigenvalue weighted by atomic mass is 32.2. The number of aryl methyl sites for hydroxylation is 1. The molecule has 20 heavy (non-hydrogen) atoms. The zero-order chi connectivity index (χ0) is 14.5. The molecule has 0 aromatic carbocycles. The molecule has 0 aliphatic heterocycles. The van der Waals surface area contributed by atoms with Crippen molar-refractivity contribution in [2.75, 3.05) is 5.75 Å². The van der Waals surface area contributed by atoms with Crippen LogP contribution in [0.1, 0.15) is 12.6 Å². The highest BCUT2D eigenvalue weighted by Gasteiger charge is 2.14. The fourth-order valence-electron chi connectivity index (χ4n) is 1.22. The standard InChI is InChI=1S/C10H10FN5OS3/c1-2-5-7(11)8(14-4-13-5)19-10-16-15-9(20-10)18-3-6(12)17/h4H,2-3H2,1H3,(H2,12,17). The Kier molecular flexibility index (Phi) is 5.26. The van der Waals surface area contributed by atoms with Gasteiger partial charge in [-0.1, -0.05) is 30.0 Å². The van der Waals surface area contributed by atoms with E-state index in [-0.39, 0.29) is 10.8 Å². The molecule has 0 saturated heterocycles. The molecule has 2 N–H and O–H groups in total. The first-order valence-electron chi connectivity index (χ1n) is 5.52. The molecule has 2 aromatic heterocycles. The maximum absolute atomic E-state index is 14.0. The molecule has 0 aliphatic carbocycles. The lowest BCUT2D eigenvalue weighted by Crippen LogP contribution is -2.12. The van der Waals surface area contributed by atoms with Crippen molar-refractivity contribution >= 4 is 40.8 Å². The van der Waals surface area contributed by atoms with E-state index in [4.69, 9.17) is 5.73 Å². The number of carbonyl (C=O) groups excluding carboxylic acids is 1. The van der Waals surface area contributed by atoms with E-state index in [0.717, 1.165) is 11.8 Å². The third kappa shape index (κ3) is 3.87. The highest BCUT2D eigenvalue weighted by molar-refractivity contribution is 8.03. The van der Waals surface area contributed by atoms with Gasteiger partial charge in [0.05, 0.1) is 11.4 Å². The molecule has 0 aliphatic rings. The summed E-state index contributed by atoms with van der Waals surface area (Å²) in [5.74, 6) is -0.711. The Morgan fingerprint density at radius 3 is 2.85 bits per heavy atom. The lowest BCUT2D eigenvalue weighted by molar-refractivity contribution is -0.115. The van der Waals surface area contributed by atoms with Gasteiger partial charge in [0.15, 0.2) is 14.5 Å². The molecule has 0 spiro atoms. The van der Waals surface area contributed by atoms with Crippen LogP contribution in [0.4, 0.5) is 4.39 Å². The lowest BCUT2D eigenvalue weighted by Gasteiger charge is -2.01. The number of thioether (sulfide) groups is 1. The molecule has 0 atom stereocenters.